The van der Waals surface area contributed by atoms with Gasteiger partial charge >= 0.3 is 5.97 Å². The molecule has 0 saturated carbocycles. The molecule has 2 aromatic heterocycles. The Kier molecular flexibility index (Phi) is 6.68. The van der Waals surface area contributed by atoms with Gasteiger partial charge in [0.2, 0.25) is 0 Å². The van der Waals surface area contributed by atoms with Gasteiger partial charge in [-0.1, -0.05) is 69.2 Å². The Bertz CT molecular complexity index is 1340. The number of benzene rings is 2. The summed E-state index contributed by atoms with van der Waals surface area (Å²) >= 11 is 0. The number of fused-ring (bicyclic) bond motifs is 1. The van der Waals surface area contributed by atoms with E-state index in [-0.39, 0.29) is 11.1 Å². The first-order chi connectivity index (χ1) is 16.0. The van der Waals surface area contributed by atoms with Crippen molar-refractivity contribution in [1.29, 1.82) is 0 Å². The lowest BCUT2D eigenvalue weighted by Gasteiger charge is -2.11. The molecule has 0 aliphatic rings. The molecule has 0 atom stereocenters. The molecule has 4 aromatic rings. The van der Waals surface area contributed by atoms with E-state index in [1.54, 1.807) is 12.1 Å². The molecule has 0 spiro atoms. The van der Waals surface area contributed by atoms with Crippen LogP contribution in [0.3, 0.4) is 0 Å². The molecule has 170 valence electrons. The molecule has 4 rings (SSSR count). The molecule has 0 amide bonds. The van der Waals surface area contributed by atoms with E-state index in [9.17, 15) is 14.7 Å². The highest BCUT2D eigenvalue weighted by molar-refractivity contribution is 5.96. The van der Waals surface area contributed by atoms with Crippen molar-refractivity contribution in [2.75, 3.05) is 0 Å². The number of aryl methyl sites for hydroxylation is 2. The van der Waals surface area contributed by atoms with Crippen LogP contribution in [0.1, 0.15) is 60.5 Å². The Labute approximate surface area is 192 Å². The zero-order valence-electron chi connectivity index (χ0n) is 19.0. The van der Waals surface area contributed by atoms with E-state index in [4.69, 9.17) is 4.98 Å². The van der Waals surface area contributed by atoms with Crippen molar-refractivity contribution in [2.45, 2.75) is 52.5 Å². The van der Waals surface area contributed by atoms with E-state index in [0.717, 1.165) is 54.7 Å². The highest BCUT2D eigenvalue weighted by Crippen LogP contribution is 2.25. The molecule has 7 nitrogen and oxygen atoms in total. The first-order valence-corrected chi connectivity index (χ1v) is 11.4. The van der Waals surface area contributed by atoms with E-state index in [1.165, 1.54) is 0 Å². The number of H-pyrrole nitrogens is 1. The Morgan fingerprint density at radius 2 is 1.79 bits per heavy atom. The number of nitrogens with zero attached hydrogens (tertiary/aromatic N) is 3. The molecular weight excluding hydrogens is 416 g/mol. The number of carboxylic acid groups (broad SMARTS) is 1. The molecule has 0 bridgehead atoms. The van der Waals surface area contributed by atoms with E-state index in [2.05, 4.69) is 24.0 Å². The van der Waals surface area contributed by atoms with Crippen LogP contribution in [0.5, 0.6) is 0 Å². The van der Waals surface area contributed by atoms with Crippen molar-refractivity contribution in [3.8, 4) is 11.1 Å². The van der Waals surface area contributed by atoms with Crippen molar-refractivity contribution in [3.63, 3.8) is 0 Å². The fourth-order valence-corrected chi connectivity index (χ4v) is 4.16. The predicted octanol–water partition coefficient (Wildman–Crippen LogP) is 4.83. The van der Waals surface area contributed by atoms with Crippen LogP contribution >= 0.6 is 0 Å². The van der Waals surface area contributed by atoms with Gasteiger partial charge in [0.25, 0.3) is 5.56 Å². The summed E-state index contributed by atoms with van der Waals surface area (Å²) < 4.78 is 2.00. The average Bonchev–Trinajstić information content (AvgIpc) is 3.19. The Hall–Kier alpha value is -3.74. The lowest BCUT2D eigenvalue weighted by molar-refractivity contribution is 0.0697. The van der Waals surface area contributed by atoms with Crippen LogP contribution in [0.4, 0.5) is 0 Å². The van der Waals surface area contributed by atoms with Gasteiger partial charge in [0.15, 0.2) is 0 Å². The number of nitrogens with one attached hydrogen (secondary N) is 1. The molecule has 0 aliphatic heterocycles. The molecule has 0 fully saturated rings. The summed E-state index contributed by atoms with van der Waals surface area (Å²) in [5, 5.41) is 16.4. The van der Waals surface area contributed by atoms with Crippen LogP contribution in [-0.4, -0.2) is 30.8 Å². The Morgan fingerprint density at radius 1 is 1.03 bits per heavy atom. The average molecular weight is 445 g/mol. The zero-order valence-corrected chi connectivity index (χ0v) is 19.0. The molecule has 0 aliphatic carbocycles. The molecular formula is C26H28N4O3. The van der Waals surface area contributed by atoms with E-state index >= 15 is 0 Å². The van der Waals surface area contributed by atoms with Crippen molar-refractivity contribution >= 4 is 17.0 Å². The smallest absolute Gasteiger partial charge is 0.336 e. The maximum absolute atomic E-state index is 12.7. The highest BCUT2D eigenvalue weighted by atomic mass is 16.4. The van der Waals surface area contributed by atoms with Gasteiger partial charge in [-0.25, -0.2) is 14.9 Å². The van der Waals surface area contributed by atoms with Crippen molar-refractivity contribution in [1.82, 2.24) is 19.7 Å². The van der Waals surface area contributed by atoms with E-state index in [0.29, 0.717) is 23.1 Å². The predicted molar refractivity (Wildman–Crippen MR) is 129 cm³/mol. The number of hydrogen-bond acceptors (Lipinski definition) is 4. The van der Waals surface area contributed by atoms with Gasteiger partial charge in [0, 0.05) is 13.0 Å². The molecule has 2 N–H and O–H groups in total. The van der Waals surface area contributed by atoms with Crippen molar-refractivity contribution in [2.24, 2.45) is 0 Å². The maximum Gasteiger partial charge on any atom is 0.336 e. The standard InChI is InChI=1S/C26H28N4O3/c1-3-5-11-22-27-23-21(8-4-2)28-29-25(31)24(23)30(22)16-17-12-14-18(15-13-17)19-9-6-7-10-20(19)26(32)33/h6-7,9-10,12-15H,3-5,8,11,16H2,1-2H3,(H,29,31)(H,32,33). The number of aromatic carboxylic acids is 1. The normalized spacial score (nSPS) is 11.2. The Balaban J connectivity index is 1.74. The minimum atomic E-state index is -0.948. The van der Waals surface area contributed by atoms with Gasteiger partial charge in [-0.2, -0.15) is 5.10 Å². The van der Waals surface area contributed by atoms with Crippen molar-refractivity contribution < 1.29 is 9.90 Å². The SMILES string of the molecule is CCCCc1nc2c(CCC)n[nH]c(=O)c2n1Cc1ccc(-c2ccccc2C(=O)O)cc1. The summed E-state index contributed by atoms with van der Waals surface area (Å²) in [6.45, 7) is 4.73. The number of hydrogen-bond donors (Lipinski definition) is 2. The summed E-state index contributed by atoms with van der Waals surface area (Å²) in [6, 6.07) is 14.8. The fourth-order valence-electron chi connectivity index (χ4n) is 4.16. The summed E-state index contributed by atoms with van der Waals surface area (Å²) in [6.07, 6.45) is 4.50. The minimum absolute atomic E-state index is 0.230. The number of carboxylic acids is 1. The molecule has 7 heteroatoms. The van der Waals surface area contributed by atoms with Crippen LogP contribution in [0.15, 0.2) is 53.3 Å². The number of rotatable bonds is 9. The molecule has 2 heterocycles. The lowest BCUT2D eigenvalue weighted by Crippen LogP contribution is -2.16. The topological polar surface area (TPSA) is 101 Å². The van der Waals surface area contributed by atoms with Crippen LogP contribution in [0, 0.1) is 0 Å². The van der Waals surface area contributed by atoms with E-state index < -0.39 is 5.97 Å². The van der Waals surface area contributed by atoms with Crippen LogP contribution < -0.4 is 5.56 Å². The number of carbonyl (C=O) groups is 1. The third kappa shape index (κ3) is 4.58. The van der Waals surface area contributed by atoms with Crippen LogP contribution in [0.2, 0.25) is 0 Å². The first-order valence-electron chi connectivity index (χ1n) is 11.4. The second-order valence-electron chi connectivity index (χ2n) is 8.21. The second-order valence-corrected chi connectivity index (χ2v) is 8.21. The van der Waals surface area contributed by atoms with Gasteiger partial charge in [0.05, 0.1) is 11.3 Å². The second kappa shape index (κ2) is 9.81. The van der Waals surface area contributed by atoms with Crippen LogP contribution in [0.25, 0.3) is 22.2 Å². The third-order valence-electron chi connectivity index (χ3n) is 5.83. The fraction of sp³-hybridized carbons (Fsp3) is 0.308. The quantitative estimate of drug-likeness (QED) is 0.385. The number of aromatic nitrogens is 4. The molecule has 0 radical (unpaired) electrons. The zero-order chi connectivity index (χ0) is 23.4. The monoisotopic (exact) mass is 444 g/mol. The lowest BCUT2D eigenvalue weighted by atomic mass is 9.99. The van der Waals surface area contributed by atoms with Crippen molar-refractivity contribution in [3.05, 3.63) is 81.5 Å². The summed E-state index contributed by atoms with van der Waals surface area (Å²) in [7, 11) is 0. The highest BCUT2D eigenvalue weighted by Gasteiger charge is 2.18. The first kappa shape index (κ1) is 22.5. The third-order valence-corrected chi connectivity index (χ3v) is 5.83. The van der Waals surface area contributed by atoms with Gasteiger partial charge in [-0.05, 0) is 35.6 Å². The largest absolute Gasteiger partial charge is 0.478 e. The van der Waals surface area contributed by atoms with Gasteiger partial charge < -0.3 is 9.67 Å². The van der Waals surface area contributed by atoms with E-state index in [1.807, 2.05) is 41.0 Å². The maximum atomic E-state index is 12.7. The number of aromatic amines is 1. The number of unbranched alkanes of at least 4 members (excludes halogenated alkanes) is 1. The number of imidazole rings is 1. The van der Waals surface area contributed by atoms with Crippen LogP contribution in [-0.2, 0) is 19.4 Å². The minimum Gasteiger partial charge on any atom is -0.478 e. The van der Waals surface area contributed by atoms with Gasteiger partial charge in [-0.3, -0.25) is 4.79 Å². The molecule has 0 unspecified atom stereocenters. The molecule has 33 heavy (non-hydrogen) atoms. The van der Waals surface area contributed by atoms with Gasteiger partial charge in [0.1, 0.15) is 16.9 Å². The summed E-state index contributed by atoms with van der Waals surface area (Å²) in [5.74, 6) is -0.0566. The molecule has 2 aromatic carbocycles. The summed E-state index contributed by atoms with van der Waals surface area (Å²) in [5.41, 5.74) is 4.66. The summed E-state index contributed by atoms with van der Waals surface area (Å²) in [4.78, 5) is 29.2. The van der Waals surface area contributed by atoms with Gasteiger partial charge in [-0.15, -0.1) is 0 Å². The molecule has 0 saturated heterocycles. The Morgan fingerprint density at radius 3 is 2.48 bits per heavy atom.